The van der Waals surface area contributed by atoms with E-state index < -0.39 is 8.07 Å². The zero-order chi connectivity index (χ0) is 14.1. The molecule has 0 amide bonds. The molecule has 0 aromatic rings. The summed E-state index contributed by atoms with van der Waals surface area (Å²) in [4.78, 5) is 2.60. The first-order valence-corrected chi connectivity index (χ1v) is 11.4. The van der Waals surface area contributed by atoms with Crippen LogP contribution in [0.4, 0.5) is 0 Å². The second kappa shape index (κ2) is 8.83. The summed E-state index contributed by atoms with van der Waals surface area (Å²) in [5.74, 6) is 0. The van der Waals surface area contributed by atoms with E-state index in [1.165, 1.54) is 51.2 Å². The van der Waals surface area contributed by atoms with Gasteiger partial charge in [0, 0.05) is 18.8 Å². The molecule has 0 unspecified atom stereocenters. The summed E-state index contributed by atoms with van der Waals surface area (Å²) in [5, 5.41) is 0. The lowest BCUT2D eigenvalue weighted by Crippen LogP contribution is -2.33. The maximum atomic E-state index is 2.61. The van der Waals surface area contributed by atoms with Crippen molar-refractivity contribution in [3.8, 4) is 0 Å². The first-order chi connectivity index (χ1) is 9.17. The molecule has 1 heterocycles. The van der Waals surface area contributed by atoms with Gasteiger partial charge in [0.15, 0.2) is 0 Å². The van der Waals surface area contributed by atoms with E-state index in [1.54, 1.807) is 23.8 Å². The van der Waals surface area contributed by atoms with Crippen molar-refractivity contribution in [2.24, 2.45) is 0 Å². The Hall–Kier alpha value is -0.243. The van der Waals surface area contributed by atoms with Gasteiger partial charge in [-0.05, 0) is 25.8 Å². The van der Waals surface area contributed by atoms with Gasteiger partial charge >= 0.3 is 0 Å². The van der Waals surface area contributed by atoms with Gasteiger partial charge in [0.05, 0.1) is 8.07 Å². The molecule has 0 atom stereocenters. The van der Waals surface area contributed by atoms with Gasteiger partial charge in [0.2, 0.25) is 0 Å². The van der Waals surface area contributed by atoms with Gasteiger partial charge < -0.3 is 4.90 Å². The summed E-state index contributed by atoms with van der Waals surface area (Å²) in [6.45, 7) is 12.1. The van der Waals surface area contributed by atoms with Crippen LogP contribution in [0.3, 0.4) is 0 Å². The zero-order valence-electron chi connectivity index (χ0n) is 13.8. The Balaban J connectivity index is 2.65. The van der Waals surface area contributed by atoms with Crippen molar-refractivity contribution in [1.82, 2.24) is 4.90 Å². The van der Waals surface area contributed by atoms with E-state index in [1.807, 2.05) is 0 Å². The fraction of sp³-hybridized carbons (Fsp3) is 0.882. The van der Waals surface area contributed by atoms with Crippen LogP contribution in [0.15, 0.2) is 11.8 Å². The molecular formula is C17H35NSi. The Morgan fingerprint density at radius 1 is 0.947 bits per heavy atom. The van der Waals surface area contributed by atoms with Gasteiger partial charge in [-0.2, -0.15) is 0 Å². The minimum atomic E-state index is -1.01. The Labute approximate surface area is 122 Å². The van der Waals surface area contributed by atoms with Gasteiger partial charge in [0.25, 0.3) is 0 Å². The molecule has 2 heteroatoms. The normalized spacial score (nSPS) is 17.3. The zero-order valence-corrected chi connectivity index (χ0v) is 14.8. The lowest BCUT2D eigenvalue weighted by Gasteiger charge is -2.31. The fourth-order valence-corrected chi connectivity index (χ4v) is 9.11. The van der Waals surface area contributed by atoms with Crippen LogP contribution in [0.5, 0.6) is 0 Å². The molecule has 0 N–H and O–H groups in total. The molecule has 0 spiro atoms. The average Bonchev–Trinajstić information content (AvgIpc) is 2.91. The number of nitrogens with zero attached hydrogens (tertiary/aromatic N) is 1. The Morgan fingerprint density at radius 2 is 1.42 bits per heavy atom. The molecule has 112 valence electrons. The second-order valence-corrected chi connectivity index (χ2v) is 11.4. The third kappa shape index (κ3) is 5.33. The summed E-state index contributed by atoms with van der Waals surface area (Å²) in [6, 6.07) is 6.06. The monoisotopic (exact) mass is 281 g/mol. The van der Waals surface area contributed by atoms with E-state index in [-0.39, 0.29) is 0 Å². The third-order valence-corrected chi connectivity index (χ3v) is 10.5. The highest BCUT2D eigenvalue weighted by Gasteiger charge is 2.28. The number of hydrogen-bond donors (Lipinski definition) is 0. The van der Waals surface area contributed by atoms with Crippen LogP contribution in [0.25, 0.3) is 0 Å². The van der Waals surface area contributed by atoms with Crippen molar-refractivity contribution in [2.45, 2.75) is 84.0 Å². The number of rotatable bonds is 9. The predicted octanol–water partition coefficient (Wildman–Crippen LogP) is 5.66. The Bertz CT molecular complexity index is 249. The molecule has 1 nitrogen and oxygen atoms in total. The summed E-state index contributed by atoms with van der Waals surface area (Å²) in [5.41, 5.74) is 1.57. The molecule has 0 aromatic heterocycles. The van der Waals surface area contributed by atoms with Gasteiger partial charge in [-0.3, -0.25) is 0 Å². The fourth-order valence-electron chi connectivity index (χ4n) is 3.84. The van der Waals surface area contributed by atoms with Crippen molar-refractivity contribution in [3.63, 3.8) is 0 Å². The van der Waals surface area contributed by atoms with Gasteiger partial charge in [-0.1, -0.05) is 64.2 Å². The van der Waals surface area contributed by atoms with Crippen LogP contribution in [0.2, 0.25) is 24.2 Å². The van der Waals surface area contributed by atoms with Crippen molar-refractivity contribution in [2.75, 3.05) is 13.1 Å². The Morgan fingerprint density at radius 3 is 1.84 bits per heavy atom. The molecule has 0 bridgehead atoms. The maximum Gasteiger partial charge on any atom is 0.0573 e. The maximum absolute atomic E-state index is 2.61. The molecule has 1 rings (SSSR count). The minimum absolute atomic E-state index is 1.01. The quantitative estimate of drug-likeness (QED) is 0.493. The van der Waals surface area contributed by atoms with Crippen LogP contribution >= 0.6 is 0 Å². The molecule has 19 heavy (non-hydrogen) atoms. The summed E-state index contributed by atoms with van der Waals surface area (Å²) in [6.07, 6.45) is 9.58. The average molecular weight is 282 g/mol. The highest BCUT2D eigenvalue weighted by Crippen LogP contribution is 2.31. The third-order valence-electron chi connectivity index (χ3n) is 4.78. The molecular weight excluding hydrogens is 246 g/mol. The van der Waals surface area contributed by atoms with Crippen molar-refractivity contribution < 1.29 is 0 Å². The summed E-state index contributed by atoms with van der Waals surface area (Å²) < 4.78 is 0. The lowest BCUT2D eigenvalue weighted by atomic mass is 10.4. The molecule has 1 fully saturated rings. The van der Waals surface area contributed by atoms with Crippen LogP contribution < -0.4 is 0 Å². The van der Waals surface area contributed by atoms with Crippen molar-refractivity contribution >= 4 is 8.07 Å². The molecule has 0 radical (unpaired) electrons. The van der Waals surface area contributed by atoms with Crippen LogP contribution in [0.1, 0.15) is 59.8 Å². The van der Waals surface area contributed by atoms with Gasteiger partial charge in [0.1, 0.15) is 0 Å². The van der Waals surface area contributed by atoms with E-state index in [4.69, 9.17) is 0 Å². The molecule has 0 aliphatic carbocycles. The van der Waals surface area contributed by atoms with E-state index in [9.17, 15) is 0 Å². The topological polar surface area (TPSA) is 3.24 Å². The molecule has 1 saturated heterocycles. The largest absolute Gasteiger partial charge is 0.375 e. The van der Waals surface area contributed by atoms with Gasteiger partial charge in [-0.15, -0.1) is 0 Å². The molecule has 1 aliphatic heterocycles. The lowest BCUT2D eigenvalue weighted by molar-refractivity contribution is 0.427. The smallest absolute Gasteiger partial charge is 0.0573 e. The molecule has 0 aromatic carbocycles. The van der Waals surface area contributed by atoms with Crippen LogP contribution in [-0.4, -0.2) is 26.1 Å². The summed E-state index contributed by atoms with van der Waals surface area (Å²) >= 11 is 0. The predicted molar refractivity (Wildman–Crippen MR) is 90.4 cm³/mol. The summed E-state index contributed by atoms with van der Waals surface area (Å²) in [7, 11) is -1.01. The highest BCUT2D eigenvalue weighted by atomic mass is 28.3. The molecule has 1 aliphatic rings. The van der Waals surface area contributed by atoms with Crippen LogP contribution in [-0.2, 0) is 0 Å². The van der Waals surface area contributed by atoms with E-state index in [2.05, 4.69) is 38.7 Å². The standard InChI is InChI=1S/C17H35NSi/c1-5-13-19(14-6-2,15-7-3)16-10-17(4)18-11-8-9-12-18/h10H,5-9,11-16H2,1-4H3. The molecule has 0 saturated carbocycles. The number of allylic oxidation sites excluding steroid dienone is 2. The van der Waals surface area contributed by atoms with Gasteiger partial charge in [-0.25, -0.2) is 0 Å². The minimum Gasteiger partial charge on any atom is -0.375 e. The number of likely N-dealkylation sites (tertiary alicyclic amines) is 1. The van der Waals surface area contributed by atoms with E-state index in [0.29, 0.717) is 0 Å². The first kappa shape index (κ1) is 16.8. The van der Waals surface area contributed by atoms with Crippen LogP contribution in [0, 0.1) is 0 Å². The van der Waals surface area contributed by atoms with Crippen molar-refractivity contribution in [3.05, 3.63) is 11.8 Å². The number of hydrogen-bond acceptors (Lipinski definition) is 1. The highest BCUT2D eigenvalue weighted by molar-refractivity contribution is 6.80. The first-order valence-electron chi connectivity index (χ1n) is 8.59. The Kier molecular flexibility index (Phi) is 7.82. The second-order valence-electron chi connectivity index (χ2n) is 6.49. The SMILES string of the molecule is CCC[Si](CC=C(C)N1CCCC1)(CCC)CCC. The van der Waals surface area contributed by atoms with Crippen molar-refractivity contribution in [1.29, 1.82) is 0 Å². The van der Waals surface area contributed by atoms with E-state index in [0.717, 1.165) is 0 Å². The van der Waals surface area contributed by atoms with E-state index >= 15 is 0 Å².